The van der Waals surface area contributed by atoms with E-state index in [0.717, 1.165) is 25.2 Å². The lowest BCUT2D eigenvalue weighted by Crippen LogP contribution is -2.49. The predicted molar refractivity (Wildman–Crippen MR) is 95.8 cm³/mol. The summed E-state index contributed by atoms with van der Waals surface area (Å²) in [6.45, 7) is 7.70. The van der Waals surface area contributed by atoms with E-state index in [2.05, 4.69) is 16.5 Å². The lowest BCUT2D eigenvalue weighted by Gasteiger charge is -2.34. The van der Waals surface area contributed by atoms with Crippen LogP contribution in [0, 0.1) is 0 Å². The molecule has 0 bridgehead atoms. The van der Waals surface area contributed by atoms with Gasteiger partial charge in [0.2, 0.25) is 5.91 Å². The first kappa shape index (κ1) is 17.1. The molecule has 3 rings (SSSR count). The van der Waals surface area contributed by atoms with Crippen LogP contribution in [0.4, 0.5) is 0 Å². The second kappa shape index (κ2) is 7.01. The van der Waals surface area contributed by atoms with Crippen LogP contribution in [0.3, 0.4) is 0 Å². The molecule has 0 unspecified atom stereocenters. The van der Waals surface area contributed by atoms with Crippen molar-refractivity contribution in [1.82, 2.24) is 19.4 Å². The van der Waals surface area contributed by atoms with E-state index in [0.29, 0.717) is 35.2 Å². The van der Waals surface area contributed by atoms with Crippen molar-refractivity contribution in [3.05, 3.63) is 45.3 Å². The molecule has 2 aromatic rings. The number of carbonyl (C=O) groups is 1. The average Bonchev–Trinajstić information content (AvgIpc) is 2.87. The van der Waals surface area contributed by atoms with Crippen LogP contribution >= 0.6 is 23.2 Å². The number of benzene rings is 1. The number of imidazole rings is 1. The monoisotopic (exact) mass is 368 g/mol. The Kier molecular flexibility index (Phi) is 4.99. The number of aromatic nitrogens is 2. The Bertz CT molecular complexity index is 834. The van der Waals surface area contributed by atoms with E-state index in [4.69, 9.17) is 23.2 Å². The normalized spacial score (nSPS) is 15.8. The zero-order valence-corrected chi connectivity index (χ0v) is 14.6. The lowest BCUT2D eigenvalue weighted by atomic mass is 10.3. The third-order valence-electron chi connectivity index (χ3n) is 4.31. The Morgan fingerprint density at radius 1 is 1.17 bits per heavy atom. The van der Waals surface area contributed by atoms with Gasteiger partial charge in [0.25, 0.3) is 0 Å². The maximum atomic E-state index is 12.2. The van der Waals surface area contributed by atoms with E-state index in [9.17, 15) is 9.59 Å². The molecule has 2 heterocycles. The molecule has 1 aliphatic rings. The van der Waals surface area contributed by atoms with E-state index >= 15 is 0 Å². The highest BCUT2D eigenvalue weighted by Gasteiger charge is 2.19. The molecule has 24 heavy (non-hydrogen) atoms. The topological polar surface area (TPSA) is 61.3 Å². The Balaban J connectivity index is 1.68. The van der Waals surface area contributed by atoms with E-state index < -0.39 is 0 Å². The van der Waals surface area contributed by atoms with Crippen LogP contribution in [-0.4, -0.2) is 58.0 Å². The van der Waals surface area contributed by atoms with Crippen LogP contribution < -0.4 is 5.69 Å². The van der Waals surface area contributed by atoms with Crippen LogP contribution in [-0.2, 0) is 11.3 Å². The van der Waals surface area contributed by atoms with Gasteiger partial charge in [-0.15, -0.1) is 0 Å². The van der Waals surface area contributed by atoms with Gasteiger partial charge in [-0.2, -0.15) is 0 Å². The lowest BCUT2D eigenvalue weighted by molar-refractivity contribution is -0.127. The fraction of sp³-hybridized carbons (Fsp3) is 0.375. The van der Waals surface area contributed by atoms with Crippen molar-refractivity contribution >= 4 is 40.1 Å². The molecule has 0 aliphatic carbocycles. The van der Waals surface area contributed by atoms with Gasteiger partial charge in [0.1, 0.15) is 0 Å². The molecule has 0 saturated carbocycles. The number of halogens is 2. The number of fused-ring (bicyclic) bond motifs is 1. The van der Waals surface area contributed by atoms with Gasteiger partial charge in [0.05, 0.1) is 21.1 Å². The summed E-state index contributed by atoms with van der Waals surface area (Å²) in [7, 11) is 0. The SMILES string of the molecule is C=CC(=O)N1CCN(CCn2c(=O)[nH]c3cc(Cl)c(Cl)cc32)CC1. The quantitative estimate of drug-likeness (QED) is 0.839. The summed E-state index contributed by atoms with van der Waals surface area (Å²) in [5.74, 6) is -0.0333. The largest absolute Gasteiger partial charge is 0.337 e. The van der Waals surface area contributed by atoms with Crippen LogP contribution in [0.15, 0.2) is 29.6 Å². The minimum Gasteiger partial charge on any atom is -0.337 e. The Morgan fingerprint density at radius 3 is 2.50 bits per heavy atom. The smallest absolute Gasteiger partial charge is 0.326 e. The van der Waals surface area contributed by atoms with Crippen molar-refractivity contribution in [2.24, 2.45) is 0 Å². The predicted octanol–water partition coefficient (Wildman–Crippen LogP) is 1.97. The minimum atomic E-state index is -0.177. The number of rotatable bonds is 4. The van der Waals surface area contributed by atoms with Crippen LogP contribution in [0.2, 0.25) is 10.0 Å². The number of nitrogens with one attached hydrogen (secondary N) is 1. The molecule has 0 radical (unpaired) electrons. The summed E-state index contributed by atoms with van der Waals surface area (Å²) in [5, 5.41) is 0.842. The molecule has 1 aromatic heterocycles. The van der Waals surface area contributed by atoms with Gasteiger partial charge in [-0.1, -0.05) is 29.8 Å². The summed E-state index contributed by atoms with van der Waals surface area (Å²) < 4.78 is 1.67. The number of hydrogen-bond donors (Lipinski definition) is 1. The van der Waals surface area contributed by atoms with Gasteiger partial charge >= 0.3 is 5.69 Å². The van der Waals surface area contributed by atoms with Gasteiger partial charge in [-0.05, 0) is 18.2 Å². The van der Waals surface area contributed by atoms with Gasteiger partial charge in [0.15, 0.2) is 0 Å². The number of hydrogen-bond acceptors (Lipinski definition) is 3. The maximum Gasteiger partial charge on any atom is 0.326 e. The number of H-pyrrole nitrogens is 1. The molecule has 0 atom stereocenters. The van der Waals surface area contributed by atoms with Crippen molar-refractivity contribution in [3.63, 3.8) is 0 Å². The van der Waals surface area contributed by atoms with E-state index in [1.54, 1.807) is 21.6 Å². The summed E-state index contributed by atoms with van der Waals surface area (Å²) in [6.07, 6.45) is 1.34. The van der Waals surface area contributed by atoms with Gasteiger partial charge in [0, 0.05) is 39.3 Å². The summed E-state index contributed by atoms with van der Waals surface area (Å²) in [6, 6.07) is 3.37. The Morgan fingerprint density at radius 2 is 1.83 bits per heavy atom. The van der Waals surface area contributed by atoms with Crippen LogP contribution in [0.5, 0.6) is 0 Å². The fourth-order valence-corrected chi connectivity index (χ4v) is 3.26. The molecule has 128 valence electrons. The Labute approximate surface area is 149 Å². The van der Waals surface area contributed by atoms with E-state index in [-0.39, 0.29) is 11.6 Å². The number of nitrogens with zero attached hydrogens (tertiary/aromatic N) is 3. The number of piperazine rings is 1. The van der Waals surface area contributed by atoms with E-state index in [1.165, 1.54) is 6.08 Å². The second-order valence-electron chi connectivity index (χ2n) is 5.74. The number of aromatic amines is 1. The van der Waals surface area contributed by atoms with E-state index in [1.807, 2.05) is 0 Å². The number of carbonyl (C=O) groups excluding carboxylic acids is 1. The minimum absolute atomic E-state index is 0.0333. The first-order chi connectivity index (χ1) is 11.5. The molecule has 6 nitrogen and oxygen atoms in total. The molecular formula is C16H18Cl2N4O2. The molecule has 1 N–H and O–H groups in total. The maximum absolute atomic E-state index is 12.2. The molecule has 0 spiro atoms. The highest BCUT2D eigenvalue weighted by Crippen LogP contribution is 2.26. The van der Waals surface area contributed by atoms with Crippen LogP contribution in [0.25, 0.3) is 11.0 Å². The third-order valence-corrected chi connectivity index (χ3v) is 5.04. The summed E-state index contributed by atoms with van der Waals surface area (Å²) >= 11 is 12.0. The zero-order chi connectivity index (χ0) is 17.3. The summed E-state index contributed by atoms with van der Waals surface area (Å²) in [4.78, 5) is 30.5. The zero-order valence-electron chi connectivity index (χ0n) is 13.1. The first-order valence-electron chi connectivity index (χ1n) is 7.71. The van der Waals surface area contributed by atoms with Crippen LogP contribution in [0.1, 0.15) is 0 Å². The Hall–Kier alpha value is -1.76. The highest BCUT2D eigenvalue weighted by molar-refractivity contribution is 6.42. The fourth-order valence-electron chi connectivity index (χ4n) is 2.94. The van der Waals surface area contributed by atoms with Crippen molar-refractivity contribution in [3.8, 4) is 0 Å². The van der Waals surface area contributed by atoms with Crippen molar-refractivity contribution in [1.29, 1.82) is 0 Å². The summed E-state index contributed by atoms with van der Waals surface area (Å²) in [5.41, 5.74) is 1.24. The standard InChI is InChI=1S/C16H18Cl2N4O2/c1-2-15(23)21-6-3-20(4-7-21)5-8-22-14-10-12(18)11(17)9-13(14)19-16(22)24/h2,9-10H,1,3-8H2,(H,19,24). The van der Waals surface area contributed by atoms with Gasteiger partial charge < -0.3 is 9.88 Å². The van der Waals surface area contributed by atoms with Gasteiger partial charge in [-0.3, -0.25) is 14.3 Å². The third kappa shape index (κ3) is 3.36. The highest BCUT2D eigenvalue weighted by atomic mass is 35.5. The molecule has 1 aromatic carbocycles. The average molecular weight is 369 g/mol. The number of amides is 1. The molecule has 1 amide bonds. The van der Waals surface area contributed by atoms with Crippen molar-refractivity contribution in [2.45, 2.75) is 6.54 Å². The van der Waals surface area contributed by atoms with Crippen molar-refractivity contribution < 1.29 is 4.79 Å². The molecule has 8 heteroatoms. The van der Waals surface area contributed by atoms with Crippen molar-refractivity contribution in [2.75, 3.05) is 32.7 Å². The molecule has 1 aliphatic heterocycles. The second-order valence-corrected chi connectivity index (χ2v) is 6.55. The molecular weight excluding hydrogens is 351 g/mol. The van der Waals surface area contributed by atoms with Gasteiger partial charge in [-0.25, -0.2) is 4.79 Å². The first-order valence-corrected chi connectivity index (χ1v) is 8.46. The molecule has 1 fully saturated rings. The molecule has 1 saturated heterocycles.